The molecule has 1 aliphatic carbocycles. The molecule has 1 aromatic carbocycles. The smallest absolute Gasteiger partial charge is 0.243 e. The van der Waals surface area contributed by atoms with Gasteiger partial charge in [0.05, 0.1) is 29.5 Å². The first-order valence-electron chi connectivity index (χ1n) is 9.98. The van der Waals surface area contributed by atoms with E-state index in [1.54, 1.807) is 23.3 Å². The van der Waals surface area contributed by atoms with Crippen molar-refractivity contribution in [2.45, 2.75) is 24.8 Å². The summed E-state index contributed by atoms with van der Waals surface area (Å²) in [7, 11) is 0. The van der Waals surface area contributed by atoms with Gasteiger partial charge in [-0.3, -0.25) is 19.6 Å². The highest BCUT2D eigenvalue weighted by Gasteiger charge is 2.49. The highest BCUT2D eigenvalue weighted by molar-refractivity contribution is 5.93. The van der Waals surface area contributed by atoms with Crippen molar-refractivity contribution in [1.82, 2.24) is 25.1 Å². The Balaban J connectivity index is 1.37. The second kappa shape index (κ2) is 7.32. The average Bonchev–Trinajstić information content (AvgIpc) is 3.43. The maximum atomic E-state index is 12.4. The number of pyridine rings is 2. The normalized spacial score (nSPS) is 14.3. The molecule has 154 valence electrons. The monoisotopic (exact) mass is 412 g/mol. The van der Waals surface area contributed by atoms with Gasteiger partial charge in [0, 0.05) is 24.0 Å². The van der Waals surface area contributed by atoms with Gasteiger partial charge in [0.1, 0.15) is 5.54 Å². The molecule has 3 N–H and O–H groups in total. The first kappa shape index (κ1) is 18.9. The molecule has 3 heterocycles. The summed E-state index contributed by atoms with van der Waals surface area (Å²) >= 11 is 0. The van der Waals surface area contributed by atoms with Crippen LogP contribution in [0.15, 0.2) is 67.3 Å². The van der Waals surface area contributed by atoms with Crippen LogP contribution in [0.5, 0.6) is 0 Å². The van der Waals surface area contributed by atoms with E-state index < -0.39 is 11.4 Å². The number of fused-ring (bicyclic) bond motifs is 1. The minimum absolute atomic E-state index is 0.0874. The fraction of sp³-hybridized carbons (Fsp3) is 0.174. The molecule has 1 fully saturated rings. The molecule has 0 spiro atoms. The molecule has 3 aromatic heterocycles. The van der Waals surface area contributed by atoms with E-state index in [0.29, 0.717) is 18.5 Å². The van der Waals surface area contributed by atoms with Crippen LogP contribution in [0.25, 0.3) is 27.7 Å². The van der Waals surface area contributed by atoms with Gasteiger partial charge in [-0.25, -0.2) is 4.68 Å². The van der Waals surface area contributed by atoms with Crippen LogP contribution in [0.4, 0.5) is 0 Å². The number of rotatable bonds is 6. The molecule has 0 aliphatic heterocycles. The standard InChI is InChI=1S/C23H20N6O2/c24-22(31)23(6-7-23)27-21(30)12-18-11-16(5-9-26-18)15-3-4-20-17(10-15)14-29(28-20)19-2-1-8-25-13-19/h1-5,8-11,13-14H,6-7,12H2,(H2,24,31)(H,27,30). The summed E-state index contributed by atoms with van der Waals surface area (Å²) in [5, 5.41) is 8.34. The minimum atomic E-state index is -0.867. The zero-order valence-electron chi connectivity index (χ0n) is 16.7. The number of carbonyl (C=O) groups excluding carboxylic acids is 2. The quantitative estimate of drug-likeness (QED) is 0.503. The van der Waals surface area contributed by atoms with Crippen molar-refractivity contribution < 1.29 is 9.59 Å². The van der Waals surface area contributed by atoms with Crippen molar-refractivity contribution in [1.29, 1.82) is 0 Å². The number of hydrogen-bond acceptors (Lipinski definition) is 5. The highest BCUT2D eigenvalue weighted by atomic mass is 16.2. The number of benzene rings is 1. The summed E-state index contributed by atoms with van der Waals surface area (Å²) in [6.07, 6.45) is 8.40. The van der Waals surface area contributed by atoms with Crippen LogP contribution in [0.3, 0.4) is 0 Å². The van der Waals surface area contributed by atoms with Gasteiger partial charge >= 0.3 is 0 Å². The number of nitrogens with two attached hydrogens (primary N) is 1. The van der Waals surface area contributed by atoms with Crippen molar-refractivity contribution >= 4 is 22.7 Å². The molecule has 5 rings (SSSR count). The van der Waals surface area contributed by atoms with Crippen LogP contribution in [-0.4, -0.2) is 37.1 Å². The third-order valence-electron chi connectivity index (χ3n) is 5.51. The molecular formula is C23H20N6O2. The van der Waals surface area contributed by atoms with Crippen LogP contribution in [-0.2, 0) is 16.0 Å². The van der Waals surface area contributed by atoms with Crippen molar-refractivity contribution in [3.63, 3.8) is 0 Å². The van der Waals surface area contributed by atoms with Crippen LogP contribution < -0.4 is 11.1 Å². The molecule has 8 heteroatoms. The van der Waals surface area contributed by atoms with E-state index in [1.807, 2.05) is 42.6 Å². The number of hydrogen-bond donors (Lipinski definition) is 2. The summed E-state index contributed by atoms with van der Waals surface area (Å²) in [6.45, 7) is 0. The van der Waals surface area contributed by atoms with Crippen LogP contribution >= 0.6 is 0 Å². The molecular weight excluding hydrogens is 392 g/mol. The number of amides is 2. The summed E-state index contributed by atoms with van der Waals surface area (Å²) in [4.78, 5) is 32.3. The molecule has 0 atom stereocenters. The number of primary amides is 1. The van der Waals surface area contributed by atoms with Crippen LogP contribution in [0, 0.1) is 0 Å². The first-order valence-corrected chi connectivity index (χ1v) is 9.98. The average molecular weight is 412 g/mol. The van der Waals surface area contributed by atoms with Crippen molar-refractivity contribution in [2.75, 3.05) is 0 Å². The second-order valence-electron chi connectivity index (χ2n) is 7.77. The van der Waals surface area contributed by atoms with E-state index in [0.717, 1.165) is 27.7 Å². The van der Waals surface area contributed by atoms with Gasteiger partial charge in [-0.15, -0.1) is 0 Å². The number of nitrogens with one attached hydrogen (secondary N) is 1. The minimum Gasteiger partial charge on any atom is -0.368 e. The third-order valence-corrected chi connectivity index (χ3v) is 5.51. The Hall–Kier alpha value is -4.07. The highest BCUT2D eigenvalue weighted by Crippen LogP contribution is 2.35. The van der Waals surface area contributed by atoms with E-state index in [-0.39, 0.29) is 12.3 Å². The molecule has 31 heavy (non-hydrogen) atoms. The fourth-order valence-electron chi connectivity index (χ4n) is 3.61. The van der Waals surface area contributed by atoms with E-state index in [9.17, 15) is 9.59 Å². The number of carbonyl (C=O) groups is 2. The zero-order valence-corrected chi connectivity index (χ0v) is 16.7. The lowest BCUT2D eigenvalue weighted by Crippen LogP contribution is -2.47. The predicted octanol–water partition coefficient (Wildman–Crippen LogP) is 2.16. The van der Waals surface area contributed by atoms with Crippen LogP contribution in [0.2, 0.25) is 0 Å². The lowest BCUT2D eigenvalue weighted by molar-refractivity contribution is -0.127. The Bertz CT molecular complexity index is 1290. The van der Waals surface area contributed by atoms with Gasteiger partial charge in [-0.05, 0) is 60.4 Å². The summed E-state index contributed by atoms with van der Waals surface area (Å²) < 4.78 is 1.80. The summed E-state index contributed by atoms with van der Waals surface area (Å²) in [5.41, 5.74) is 8.85. The second-order valence-corrected chi connectivity index (χ2v) is 7.77. The van der Waals surface area contributed by atoms with Gasteiger partial charge < -0.3 is 11.1 Å². The molecule has 0 bridgehead atoms. The van der Waals surface area contributed by atoms with Gasteiger partial charge in [-0.1, -0.05) is 6.07 Å². The lowest BCUT2D eigenvalue weighted by Gasteiger charge is -2.13. The molecule has 8 nitrogen and oxygen atoms in total. The lowest BCUT2D eigenvalue weighted by atomic mass is 10.0. The summed E-state index contributed by atoms with van der Waals surface area (Å²) in [6, 6.07) is 13.6. The first-order chi connectivity index (χ1) is 15.0. The number of nitrogens with zero attached hydrogens (tertiary/aromatic N) is 4. The molecule has 4 aromatic rings. The van der Waals surface area contributed by atoms with Crippen molar-refractivity contribution in [3.8, 4) is 16.8 Å². The van der Waals surface area contributed by atoms with Gasteiger partial charge in [0.2, 0.25) is 11.8 Å². The molecule has 1 saturated carbocycles. The predicted molar refractivity (Wildman–Crippen MR) is 115 cm³/mol. The number of aromatic nitrogens is 4. The molecule has 0 unspecified atom stereocenters. The Morgan fingerprint density at radius 1 is 1.10 bits per heavy atom. The van der Waals surface area contributed by atoms with E-state index >= 15 is 0 Å². The van der Waals surface area contributed by atoms with E-state index in [1.165, 1.54) is 0 Å². The van der Waals surface area contributed by atoms with Gasteiger partial charge in [-0.2, -0.15) is 5.10 Å². The third kappa shape index (κ3) is 3.75. The van der Waals surface area contributed by atoms with E-state index in [2.05, 4.69) is 26.4 Å². The molecule has 2 amide bonds. The Labute approximate surface area is 178 Å². The zero-order chi connectivity index (χ0) is 21.4. The van der Waals surface area contributed by atoms with E-state index in [4.69, 9.17) is 5.73 Å². The molecule has 1 aliphatic rings. The Kier molecular flexibility index (Phi) is 4.47. The largest absolute Gasteiger partial charge is 0.368 e. The molecule has 0 saturated heterocycles. The van der Waals surface area contributed by atoms with Gasteiger partial charge in [0.25, 0.3) is 0 Å². The van der Waals surface area contributed by atoms with Crippen molar-refractivity contribution in [3.05, 3.63) is 72.9 Å². The Morgan fingerprint density at radius 3 is 2.68 bits per heavy atom. The SMILES string of the molecule is NC(=O)C1(NC(=O)Cc2cc(-c3ccc4nn(-c5cccnc5)cc4c3)ccn2)CC1. The maximum Gasteiger partial charge on any atom is 0.243 e. The molecule has 0 radical (unpaired) electrons. The fourth-order valence-corrected chi connectivity index (χ4v) is 3.61. The van der Waals surface area contributed by atoms with Gasteiger partial charge in [0.15, 0.2) is 0 Å². The maximum absolute atomic E-state index is 12.4. The summed E-state index contributed by atoms with van der Waals surface area (Å²) in [5.74, 6) is -0.739. The Morgan fingerprint density at radius 2 is 1.94 bits per heavy atom. The van der Waals surface area contributed by atoms with Crippen LogP contribution in [0.1, 0.15) is 18.5 Å². The topological polar surface area (TPSA) is 116 Å². The van der Waals surface area contributed by atoms with Crippen molar-refractivity contribution in [2.24, 2.45) is 5.73 Å².